The van der Waals surface area contributed by atoms with Crippen molar-refractivity contribution in [2.24, 2.45) is 0 Å². The molecule has 1 atom stereocenters. The largest absolute Gasteiger partial charge is 2.00 e. The number of aliphatic hydroxyl groups excluding tert-OH is 1. The van der Waals surface area contributed by atoms with Crippen LogP contribution in [0.3, 0.4) is 0 Å². The molecule has 2 rings (SSSR count). The zero-order chi connectivity index (χ0) is 17.7. The van der Waals surface area contributed by atoms with E-state index >= 15 is 0 Å². The van der Waals surface area contributed by atoms with Gasteiger partial charge in [-0.25, -0.2) is 0 Å². The number of aromatic hydroxyl groups is 1. The Morgan fingerprint density at radius 3 is 1.88 bits per heavy atom. The number of rotatable bonds is 7. The summed E-state index contributed by atoms with van der Waals surface area (Å²) in [5.41, 5.74) is 1.40. The number of methoxy groups -OCH3 is 4. The first-order chi connectivity index (χ1) is 11.5. The van der Waals surface area contributed by atoms with Crippen LogP contribution in [-0.4, -0.2) is 76.4 Å². The van der Waals surface area contributed by atoms with Gasteiger partial charge >= 0.3 is 37.7 Å². The molecule has 0 spiro atoms. The maximum absolute atomic E-state index is 10.5. The second-order valence-corrected chi connectivity index (χ2v) is 5.18. The van der Waals surface area contributed by atoms with Gasteiger partial charge in [-0.05, 0) is 35.4 Å². The summed E-state index contributed by atoms with van der Waals surface area (Å²) in [7, 11) is 6.06. The second kappa shape index (κ2) is 9.97. The number of phenols is 1. The van der Waals surface area contributed by atoms with E-state index in [4.69, 9.17) is 18.9 Å². The standard InChI is InChI=1S/C18H22O6.Ca.2H/c1-21-15-6-5-11(8-14(15)20)7-13(19)12-9-16(22-2)18(24-4)17(10-12)23-3;;;/h5-6,8-10,13,19-20H,7H2,1-4H3;;;/q;+2;2*-1/t13-;;;/m1.../s1. The summed E-state index contributed by atoms with van der Waals surface area (Å²) < 4.78 is 20.9. The molecule has 0 heterocycles. The first-order valence-electron chi connectivity index (χ1n) is 7.37. The molecule has 0 fully saturated rings. The van der Waals surface area contributed by atoms with Crippen LogP contribution in [0.15, 0.2) is 30.3 Å². The maximum Gasteiger partial charge on any atom is 2.00 e. The molecule has 0 saturated heterocycles. The van der Waals surface area contributed by atoms with Crippen molar-refractivity contribution >= 4 is 37.7 Å². The van der Waals surface area contributed by atoms with Crippen molar-refractivity contribution in [1.29, 1.82) is 0 Å². The monoisotopic (exact) mass is 376 g/mol. The van der Waals surface area contributed by atoms with Gasteiger partial charge in [0, 0.05) is 6.42 Å². The number of ether oxygens (including phenoxy) is 4. The molecule has 2 aromatic rings. The Morgan fingerprint density at radius 2 is 1.44 bits per heavy atom. The predicted octanol–water partition coefficient (Wildman–Crippen LogP) is 2.55. The van der Waals surface area contributed by atoms with E-state index in [0.29, 0.717) is 35.0 Å². The molecule has 0 amide bonds. The van der Waals surface area contributed by atoms with E-state index in [0.717, 1.165) is 5.56 Å². The summed E-state index contributed by atoms with van der Waals surface area (Å²) in [5, 5.41) is 20.4. The van der Waals surface area contributed by atoms with E-state index in [1.165, 1.54) is 28.4 Å². The predicted molar refractivity (Wildman–Crippen MR) is 97.4 cm³/mol. The third kappa shape index (κ3) is 5.07. The molecule has 0 unspecified atom stereocenters. The average Bonchev–Trinajstić information content (AvgIpc) is 2.60. The quantitative estimate of drug-likeness (QED) is 0.723. The summed E-state index contributed by atoms with van der Waals surface area (Å²) in [6, 6.07) is 8.43. The Bertz CT molecular complexity index is 689. The molecule has 0 radical (unpaired) electrons. The SMILES string of the molecule is COc1ccc(C[C@@H](O)c2cc(OC)c(OC)c(OC)c2)cc1O.[Ca+2].[H-].[H-]. The molecular weight excluding hydrogens is 352 g/mol. The number of aliphatic hydroxyl groups is 1. The van der Waals surface area contributed by atoms with Crippen LogP contribution in [0.25, 0.3) is 0 Å². The number of benzene rings is 2. The van der Waals surface area contributed by atoms with E-state index in [-0.39, 0.29) is 46.3 Å². The van der Waals surface area contributed by atoms with Gasteiger partial charge in [-0.2, -0.15) is 0 Å². The second-order valence-electron chi connectivity index (χ2n) is 5.18. The molecular formula is C18H24CaO6. The maximum atomic E-state index is 10.5. The van der Waals surface area contributed by atoms with Gasteiger partial charge in [-0.15, -0.1) is 0 Å². The Hall–Kier alpha value is -1.34. The Labute approximate surface area is 180 Å². The van der Waals surface area contributed by atoms with Gasteiger partial charge in [0.25, 0.3) is 0 Å². The van der Waals surface area contributed by atoms with Gasteiger partial charge in [0.15, 0.2) is 23.0 Å². The van der Waals surface area contributed by atoms with Crippen LogP contribution in [0, 0.1) is 0 Å². The van der Waals surface area contributed by atoms with Crippen molar-refractivity contribution in [1.82, 2.24) is 0 Å². The van der Waals surface area contributed by atoms with E-state index < -0.39 is 6.10 Å². The molecule has 2 N–H and O–H groups in total. The normalized spacial score (nSPS) is 11.2. The number of phenolic OH excluding ortho intramolecular Hbond substituents is 1. The molecule has 0 aliphatic rings. The van der Waals surface area contributed by atoms with Gasteiger partial charge in [0.2, 0.25) is 5.75 Å². The topological polar surface area (TPSA) is 77.4 Å². The number of hydrogen-bond donors (Lipinski definition) is 2. The number of hydrogen-bond acceptors (Lipinski definition) is 6. The summed E-state index contributed by atoms with van der Waals surface area (Å²) in [4.78, 5) is 0. The molecule has 0 aliphatic heterocycles. The average molecular weight is 376 g/mol. The van der Waals surface area contributed by atoms with Crippen molar-refractivity contribution < 1.29 is 32.0 Å². The fraction of sp³-hybridized carbons (Fsp3) is 0.333. The van der Waals surface area contributed by atoms with Crippen LogP contribution in [-0.2, 0) is 6.42 Å². The molecule has 6 nitrogen and oxygen atoms in total. The van der Waals surface area contributed by atoms with E-state index in [2.05, 4.69) is 0 Å². The van der Waals surface area contributed by atoms with E-state index in [1.54, 1.807) is 30.3 Å². The van der Waals surface area contributed by atoms with Crippen LogP contribution in [0.5, 0.6) is 28.7 Å². The van der Waals surface area contributed by atoms with Crippen LogP contribution < -0.4 is 18.9 Å². The van der Waals surface area contributed by atoms with Gasteiger partial charge in [-0.3, -0.25) is 0 Å². The van der Waals surface area contributed by atoms with Crippen molar-refractivity contribution in [3.8, 4) is 28.7 Å². The Morgan fingerprint density at radius 1 is 0.880 bits per heavy atom. The van der Waals surface area contributed by atoms with E-state index in [9.17, 15) is 10.2 Å². The molecule has 0 saturated carbocycles. The first kappa shape index (κ1) is 21.7. The minimum atomic E-state index is -0.800. The van der Waals surface area contributed by atoms with Crippen molar-refractivity contribution in [3.05, 3.63) is 41.5 Å². The van der Waals surface area contributed by atoms with Crippen molar-refractivity contribution in [3.63, 3.8) is 0 Å². The smallest absolute Gasteiger partial charge is 1.00 e. The Kier molecular flexibility index (Phi) is 8.65. The summed E-state index contributed by atoms with van der Waals surface area (Å²) >= 11 is 0. The first-order valence-corrected chi connectivity index (χ1v) is 7.37. The molecule has 7 heteroatoms. The third-order valence-electron chi connectivity index (χ3n) is 3.74. The molecule has 0 aliphatic carbocycles. The molecule has 134 valence electrons. The molecule has 0 aromatic heterocycles. The van der Waals surface area contributed by atoms with Crippen molar-refractivity contribution in [2.75, 3.05) is 28.4 Å². The zero-order valence-corrected chi connectivity index (χ0v) is 17.1. The van der Waals surface area contributed by atoms with Gasteiger partial charge in [-0.1, -0.05) is 6.07 Å². The summed E-state index contributed by atoms with van der Waals surface area (Å²) in [6.07, 6.45) is -0.484. The van der Waals surface area contributed by atoms with Crippen LogP contribution in [0.1, 0.15) is 20.1 Å². The fourth-order valence-corrected chi connectivity index (χ4v) is 2.50. The van der Waals surface area contributed by atoms with Crippen LogP contribution in [0.2, 0.25) is 0 Å². The molecule has 25 heavy (non-hydrogen) atoms. The van der Waals surface area contributed by atoms with Crippen molar-refractivity contribution in [2.45, 2.75) is 12.5 Å². The summed E-state index contributed by atoms with van der Waals surface area (Å²) in [5.74, 6) is 1.85. The molecule has 2 aromatic carbocycles. The summed E-state index contributed by atoms with van der Waals surface area (Å²) in [6.45, 7) is 0. The zero-order valence-electron chi connectivity index (χ0n) is 16.9. The minimum Gasteiger partial charge on any atom is -1.00 e. The third-order valence-corrected chi connectivity index (χ3v) is 3.74. The van der Waals surface area contributed by atoms with Crippen LogP contribution in [0.4, 0.5) is 0 Å². The van der Waals surface area contributed by atoms with Gasteiger partial charge < -0.3 is 32.0 Å². The Balaban J connectivity index is 0. The van der Waals surface area contributed by atoms with E-state index in [1.807, 2.05) is 0 Å². The molecule has 0 bridgehead atoms. The minimum absolute atomic E-state index is 0. The fourth-order valence-electron chi connectivity index (χ4n) is 2.50. The van der Waals surface area contributed by atoms with Gasteiger partial charge in [0.05, 0.1) is 34.5 Å². The van der Waals surface area contributed by atoms with Crippen LogP contribution >= 0.6 is 0 Å². The van der Waals surface area contributed by atoms with Gasteiger partial charge in [0.1, 0.15) is 0 Å².